The summed E-state index contributed by atoms with van der Waals surface area (Å²) in [4.78, 5) is 0. The van der Waals surface area contributed by atoms with Crippen molar-refractivity contribution in [2.24, 2.45) is 5.73 Å². The maximum Gasteiger partial charge on any atom is 0.330 e. The predicted octanol–water partition coefficient (Wildman–Crippen LogP) is 3.05. The van der Waals surface area contributed by atoms with Crippen molar-refractivity contribution in [1.29, 1.82) is 0 Å². The predicted molar refractivity (Wildman–Crippen MR) is 59.8 cm³/mol. The molecule has 0 aliphatic rings. The highest BCUT2D eigenvalue weighted by Gasteiger charge is 2.41. The van der Waals surface area contributed by atoms with Crippen molar-refractivity contribution >= 4 is 0 Å². The van der Waals surface area contributed by atoms with Crippen LogP contribution in [0.3, 0.4) is 0 Å². The Morgan fingerprint density at radius 2 is 1.95 bits per heavy atom. The second-order valence-corrected chi connectivity index (χ2v) is 4.18. The third-order valence-electron chi connectivity index (χ3n) is 2.55. The lowest BCUT2D eigenvalue weighted by atomic mass is 10.0. The molecule has 0 amide bonds. The Bertz CT molecular complexity index is 425. The molecule has 19 heavy (non-hydrogen) atoms. The van der Waals surface area contributed by atoms with E-state index in [1.807, 2.05) is 0 Å². The number of aryl methyl sites for hydroxylation is 1. The van der Waals surface area contributed by atoms with Crippen LogP contribution < -0.4 is 5.73 Å². The molecule has 7 heteroatoms. The molecule has 0 saturated heterocycles. The smallest absolute Gasteiger partial charge is 0.330 e. The minimum atomic E-state index is -4.21. The summed E-state index contributed by atoms with van der Waals surface area (Å²) >= 11 is 0. The van der Waals surface area contributed by atoms with Crippen LogP contribution in [0.2, 0.25) is 0 Å². The highest BCUT2D eigenvalue weighted by atomic mass is 19.3. The molecule has 1 atom stereocenters. The van der Waals surface area contributed by atoms with Gasteiger partial charge in [-0.1, -0.05) is 6.07 Å². The van der Waals surface area contributed by atoms with Crippen molar-refractivity contribution in [2.75, 3.05) is 13.2 Å². The number of halogens is 5. The van der Waals surface area contributed by atoms with Crippen molar-refractivity contribution in [3.05, 3.63) is 35.1 Å². The zero-order valence-electron chi connectivity index (χ0n) is 10.2. The van der Waals surface area contributed by atoms with Gasteiger partial charge < -0.3 is 10.5 Å². The fourth-order valence-corrected chi connectivity index (χ4v) is 1.49. The molecule has 0 fully saturated rings. The number of nitrogens with two attached hydrogens (primary N) is 1. The summed E-state index contributed by atoms with van der Waals surface area (Å²) in [7, 11) is 0. The van der Waals surface area contributed by atoms with Crippen LogP contribution >= 0.6 is 0 Å². The monoisotopic (exact) mass is 283 g/mol. The molecule has 2 N–H and O–H groups in total. The Balaban J connectivity index is 2.56. The van der Waals surface area contributed by atoms with E-state index in [4.69, 9.17) is 5.73 Å². The Morgan fingerprint density at radius 3 is 2.53 bits per heavy atom. The van der Waals surface area contributed by atoms with Gasteiger partial charge in [0, 0.05) is 0 Å². The maximum absolute atomic E-state index is 13.0. The Morgan fingerprint density at radius 1 is 1.32 bits per heavy atom. The molecule has 1 rings (SSSR count). The lowest BCUT2D eigenvalue weighted by Crippen LogP contribution is -2.33. The first-order valence-corrected chi connectivity index (χ1v) is 5.49. The second kappa shape index (κ2) is 6.29. The fourth-order valence-electron chi connectivity index (χ4n) is 1.49. The van der Waals surface area contributed by atoms with Gasteiger partial charge in [-0.05, 0) is 30.2 Å². The molecular weight excluding hydrogens is 269 g/mol. The summed E-state index contributed by atoms with van der Waals surface area (Å²) in [5.41, 5.74) is 6.70. The van der Waals surface area contributed by atoms with Gasteiger partial charge in [0.1, 0.15) is 12.4 Å². The molecule has 2 nitrogen and oxygen atoms in total. The zero-order chi connectivity index (χ0) is 14.6. The lowest BCUT2D eigenvalue weighted by Gasteiger charge is -2.18. The Kier molecular flexibility index (Phi) is 5.25. The molecule has 1 aromatic rings. The number of rotatable bonds is 6. The lowest BCUT2D eigenvalue weighted by molar-refractivity contribution is -0.166. The standard InChI is InChI=1S/C12H14F5NO/c1-7-2-3-8(13)4-9(7)10(18)5-19-6-12(16,17)11(14)15/h2-4,10-11H,5-6,18H2,1H3. The molecule has 1 aromatic carbocycles. The van der Waals surface area contributed by atoms with Crippen LogP contribution in [0.15, 0.2) is 18.2 Å². The SMILES string of the molecule is Cc1ccc(F)cc1C(N)COCC(F)(F)C(F)F. The summed E-state index contributed by atoms with van der Waals surface area (Å²) in [6, 6.07) is 3.02. The second-order valence-electron chi connectivity index (χ2n) is 4.18. The Labute approximate surface area is 107 Å². The minimum Gasteiger partial charge on any atom is -0.373 e. The third-order valence-corrected chi connectivity index (χ3v) is 2.55. The van der Waals surface area contributed by atoms with Gasteiger partial charge in [0.25, 0.3) is 0 Å². The largest absolute Gasteiger partial charge is 0.373 e. The zero-order valence-corrected chi connectivity index (χ0v) is 10.2. The summed E-state index contributed by atoms with van der Waals surface area (Å²) in [5, 5.41) is 0. The number of hydrogen-bond acceptors (Lipinski definition) is 2. The molecule has 0 bridgehead atoms. The van der Waals surface area contributed by atoms with Gasteiger partial charge in [0.15, 0.2) is 0 Å². The molecular formula is C12H14F5NO. The van der Waals surface area contributed by atoms with E-state index < -0.39 is 37.4 Å². The van der Waals surface area contributed by atoms with E-state index in [-0.39, 0.29) is 0 Å². The minimum absolute atomic E-state index is 0.389. The van der Waals surface area contributed by atoms with Crippen LogP contribution in [-0.4, -0.2) is 25.6 Å². The number of benzene rings is 1. The van der Waals surface area contributed by atoms with Crippen LogP contribution in [0.1, 0.15) is 17.2 Å². The first kappa shape index (κ1) is 15.8. The van der Waals surface area contributed by atoms with Gasteiger partial charge >= 0.3 is 12.3 Å². The maximum atomic E-state index is 13.0. The normalized spacial score (nSPS) is 13.9. The molecule has 0 aromatic heterocycles. The van der Waals surface area contributed by atoms with Crippen molar-refractivity contribution in [1.82, 2.24) is 0 Å². The van der Waals surface area contributed by atoms with E-state index in [0.29, 0.717) is 11.1 Å². The molecule has 0 saturated carbocycles. The molecule has 0 aliphatic heterocycles. The summed E-state index contributed by atoms with van der Waals surface area (Å²) in [6.07, 6.45) is -3.79. The number of alkyl halides is 4. The van der Waals surface area contributed by atoms with Gasteiger partial charge in [-0.15, -0.1) is 0 Å². The Hall–Kier alpha value is -1.21. The summed E-state index contributed by atoms with van der Waals surface area (Å²) in [6.45, 7) is -0.151. The van der Waals surface area contributed by atoms with Crippen LogP contribution in [0.5, 0.6) is 0 Å². The quantitative estimate of drug-likeness (QED) is 0.814. The fraction of sp³-hybridized carbons (Fsp3) is 0.500. The van der Waals surface area contributed by atoms with E-state index >= 15 is 0 Å². The van der Waals surface area contributed by atoms with E-state index in [1.54, 1.807) is 6.92 Å². The van der Waals surface area contributed by atoms with Crippen LogP contribution in [0.4, 0.5) is 22.0 Å². The molecule has 108 valence electrons. The molecule has 1 unspecified atom stereocenters. The van der Waals surface area contributed by atoms with Crippen molar-refractivity contribution in [2.45, 2.75) is 25.3 Å². The average Bonchev–Trinajstić information content (AvgIpc) is 2.31. The third kappa shape index (κ3) is 4.43. The van der Waals surface area contributed by atoms with E-state index in [9.17, 15) is 22.0 Å². The summed E-state index contributed by atoms with van der Waals surface area (Å²) < 4.78 is 66.4. The number of ether oxygens (including phenoxy) is 1. The highest BCUT2D eigenvalue weighted by molar-refractivity contribution is 5.29. The van der Waals surface area contributed by atoms with Gasteiger partial charge in [-0.2, -0.15) is 8.78 Å². The van der Waals surface area contributed by atoms with Crippen molar-refractivity contribution in [3.63, 3.8) is 0 Å². The number of hydrogen-bond donors (Lipinski definition) is 1. The van der Waals surface area contributed by atoms with Crippen LogP contribution in [-0.2, 0) is 4.74 Å². The van der Waals surface area contributed by atoms with Gasteiger partial charge in [0.05, 0.1) is 12.6 Å². The van der Waals surface area contributed by atoms with Crippen molar-refractivity contribution in [3.8, 4) is 0 Å². The van der Waals surface area contributed by atoms with Crippen LogP contribution in [0.25, 0.3) is 0 Å². The van der Waals surface area contributed by atoms with Gasteiger partial charge in [-0.25, -0.2) is 13.2 Å². The topological polar surface area (TPSA) is 35.2 Å². The molecule has 0 heterocycles. The summed E-state index contributed by atoms with van der Waals surface area (Å²) in [5.74, 6) is -4.73. The van der Waals surface area contributed by atoms with Crippen molar-refractivity contribution < 1.29 is 26.7 Å². The van der Waals surface area contributed by atoms with E-state index in [2.05, 4.69) is 4.74 Å². The van der Waals surface area contributed by atoms with E-state index in [1.165, 1.54) is 12.1 Å². The van der Waals surface area contributed by atoms with Gasteiger partial charge in [0.2, 0.25) is 0 Å². The molecule has 0 radical (unpaired) electrons. The highest BCUT2D eigenvalue weighted by Crippen LogP contribution is 2.24. The van der Waals surface area contributed by atoms with E-state index in [0.717, 1.165) is 6.07 Å². The molecule has 0 aliphatic carbocycles. The molecule has 0 spiro atoms. The first-order chi connectivity index (χ1) is 8.74. The van der Waals surface area contributed by atoms with Crippen LogP contribution in [0, 0.1) is 12.7 Å². The van der Waals surface area contributed by atoms with Gasteiger partial charge in [-0.3, -0.25) is 0 Å². The average molecular weight is 283 g/mol. The first-order valence-electron chi connectivity index (χ1n) is 5.49.